The molecule has 0 fully saturated rings. The molecule has 15 heavy (non-hydrogen) atoms. The van der Waals surface area contributed by atoms with Gasteiger partial charge in [0.1, 0.15) is 0 Å². The summed E-state index contributed by atoms with van der Waals surface area (Å²) in [5.74, 6) is -0.407. The zero-order chi connectivity index (χ0) is 11.6. The van der Waals surface area contributed by atoms with Crippen molar-refractivity contribution in [2.24, 2.45) is 11.1 Å². The topological polar surface area (TPSA) is 80.9 Å². The summed E-state index contributed by atoms with van der Waals surface area (Å²) in [6.07, 6.45) is 1.55. The first kappa shape index (κ1) is 11.6. The normalized spacial score (nSPS) is 11.3. The number of H-pyrrole nitrogens is 1. The fraction of sp³-hybridized carbons (Fsp3) is 0.444. The van der Waals surface area contributed by atoms with Crippen LogP contribution in [0.5, 0.6) is 0 Å². The summed E-state index contributed by atoms with van der Waals surface area (Å²) in [6.45, 7) is 3.79. The lowest BCUT2D eigenvalue weighted by molar-refractivity contribution is -0.126. The molecule has 0 saturated heterocycles. The van der Waals surface area contributed by atoms with Gasteiger partial charge in [-0.15, -0.1) is 0 Å². The SMILES string of the molecule is CC(C)(Cn1ccc(=O)[nH]c1=S)C(N)=O. The van der Waals surface area contributed by atoms with Gasteiger partial charge in [-0.2, -0.15) is 0 Å². The minimum absolute atomic E-state index is 0.256. The number of nitrogens with one attached hydrogen (secondary N) is 1. The molecule has 0 aromatic carbocycles. The van der Waals surface area contributed by atoms with Crippen LogP contribution >= 0.6 is 12.2 Å². The summed E-state index contributed by atoms with van der Waals surface area (Å²) < 4.78 is 1.90. The predicted octanol–water partition coefficient (Wildman–Crippen LogP) is 0.417. The molecule has 0 radical (unpaired) electrons. The largest absolute Gasteiger partial charge is 0.369 e. The molecular formula is C9H13N3O2S. The van der Waals surface area contributed by atoms with Crippen molar-refractivity contribution in [1.82, 2.24) is 9.55 Å². The molecule has 0 atom stereocenters. The van der Waals surface area contributed by atoms with Gasteiger partial charge < -0.3 is 10.3 Å². The molecular weight excluding hydrogens is 214 g/mol. The minimum Gasteiger partial charge on any atom is -0.369 e. The van der Waals surface area contributed by atoms with E-state index < -0.39 is 11.3 Å². The fourth-order valence-corrected chi connectivity index (χ4v) is 1.30. The number of carbonyl (C=O) groups excluding carboxylic acids is 1. The minimum atomic E-state index is -0.698. The predicted molar refractivity (Wildman–Crippen MR) is 58.9 cm³/mol. The molecule has 82 valence electrons. The first-order valence-corrected chi connectivity index (χ1v) is 4.83. The zero-order valence-corrected chi connectivity index (χ0v) is 9.43. The highest BCUT2D eigenvalue weighted by Crippen LogP contribution is 2.16. The monoisotopic (exact) mass is 227 g/mol. The number of aromatic nitrogens is 2. The van der Waals surface area contributed by atoms with Crippen LogP contribution < -0.4 is 11.3 Å². The molecule has 3 N–H and O–H groups in total. The number of aromatic amines is 1. The maximum Gasteiger partial charge on any atom is 0.251 e. The van der Waals surface area contributed by atoms with Crippen LogP contribution in [0.2, 0.25) is 0 Å². The average Bonchev–Trinajstić information content (AvgIpc) is 2.09. The number of primary amides is 1. The van der Waals surface area contributed by atoms with Crippen LogP contribution in [0.25, 0.3) is 0 Å². The molecule has 1 aromatic rings. The molecule has 1 aromatic heterocycles. The van der Waals surface area contributed by atoms with Gasteiger partial charge in [-0.05, 0) is 26.1 Å². The average molecular weight is 227 g/mol. The van der Waals surface area contributed by atoms with E-state index in [1.54, 1.807) is 24.6 Å². The third-order valence-corrected chi connectivity index (χ3v) is 2.47. The van der Waals surface area contributed by atoms with Crippen LogP contribution in [0, 0.1) is 10.2 Å². The summed E-state index contributed by atoms with van der Waals surface area (Å²) in [7, 11) is 0. The van der Waals surface area contributed by atoms with E-state index >= 15 is 0 Å². The molecule has 0 spiro atoms. The smallest absolute Gasteiger partial charge is 0.251 e. The standard InChI is InChI=1S/C9H13N3O2S/c1-9(2,7(10)14)5-12-4-3-6(13)11-8(12)15/h3-4H,5H2,1-2H3,(H2,10,14)(H,11,13,15). The molecule has 6 heteroatoms. The molecule has 1 heterocycles. The van der Waals surface area contributed by atoms with E-state index in [0.29, 0.717) is 6.54 Å². The molecule has 1 amide bonds. The molecule has 0 unspecified atom stereocenters. The van der Waals surface area contributed by atoms with Crippen LogP contribution in [0.3, 0.4) is 0 Å². The van der Waals surface area contributed by atoms with Crippen molar-refractivity contribution in [3.63, 3.8) is 0 Å². The van der Waals surface area contributed by atoms with Crippen molar-refractivity contribution in [2.45, 2.75) is 20.4 Å². The summed E-state index contributed by atoms with van der Waals surface area (Å²) in [5, 5.41) is 0. The number of amides is 1. The Bertz CT molecular complexity index is 487. The van der Waals surface area contributed by atoms with Gasteiger partial charge in [0.25, 0.3) is 5.56 Å². The number of rotatable bonds is 3. The van der Waals surface area contributed by atoms with Crippen LogP contribution in [0.1, 0.15) is 13.8 Å². The summed E-state index contributed by atoms with van der Waals surface area (Å²) in [5.41, 5.74) is 4.29. The van der Waals surface area contributed by atoms with E-state index in [0.717, 1.165) is 0 Å². The maximum atomic E-state index is 11.1. The Hall–Kier alpha value is -1.43. The molecule has 0 aliphatic heterocycles. The van der Waals surface area contributed by atoms with E-state index in [-0.39, 0.29) is 10.3 Å². The lowest BCUT2D eigenvalue weighted by Gasteiger charge is -2.21. The number of nitrogens with zero attached hydrogens (tertiary/aromatic N) is 1. The van der Waals surface area contributed by atoms with Crippen molar-refractivity contribution in [1.29, 1.82) is 0 Å². The quantitative estimate of drug-likeness (QED) is 0.734. The van der Waals surface area contributed by atoms with Gasteiger partial charge in [0, 0.05) is 18.8 Å². The molecule has 0 aliphatic rings. The second-order valence-corrected chi connectivity index (χ2v) is 4.37. The Labute approximate surface area is 91.9 Å². The van der Waals surface area contributed by atoms with E-state index in [1.165, 1.54) is 6.07 Å². The Balaban J connectivity index is 3.06. The van der Waals surface area contributed by atoms with Crippen molar-refractivity contribution in [3.8, 4) is 0 Å². The van der Waals surface area contributed by atoms with Gasteiger partial charge >= 0.3 is 0 Å². The van der Waals surface area contributed by atoms with Crippen molar-refractivity contribution in [2.75, 3.05) is 0 Å². The van der Waals surface area contributed by atoms with Crippen LogP contribution in [0.15, 0.2) is 17.1 Å². The molecule has 1 rings (SSSR count). The Kier molecular flexibility index (Phi) is 3.09. The summed E-state index contributed by atoms with van der Waals surface area (Å²) in [4.78, 5) is 24.5. The van der Waals surface area contributed by atoms with Gasteiger partial charge in [0.15, 0.2) is 4.77 Å². The summed E-state index contributed by atoms with van der Waals surface area (Å²) in [6, 6.07) is 1.35. The molecule has 0 saturated carbocycles. The van der Waals surface area contributed by atoms with Gasteiger partial charge in [-0.1, -0.05) is 0 Å². The van der Waals surface area contributed by atoms with E-state index in [2.05, 4.69) is 4.98 Å². The van der Waals surface area contributed by atoms with Crippen molar-refractivity contribution < 1.29 is 4.79 Å². The number of carbonyl (C=O) groups is 1. The molecule has 0 aliphatic carbocycles. The number of nitrogens with two attached hydrogens (primary N) is 1. The fourth-order valence-electron chi connectivity index (χ4n) is 1.07. The van der Waals surface area contributed by atoms with Crippen molar-refractivity contribution in [3.05, 3.63) is 27.4 Å². The van der Waals surface area contributed by atoms with Gasteiger partial charge in [0.05, 0.1) is 5.41 Å². The zero-order valence-electron chi connectivity index (χ0n) is 8.61. The Morgan fingerprint density at radius 3 is 2.73 bits per heavy atom. The lowest BCUT2D eigenvalue weighted by Crippen LogP contribution is -2.35. The van der Waals surface area contributed by atoms with E-state index in [9.17, 15) is 9.59 Å². The highest BCUT2D eigenvalue weighted by atomic mass is 32.1. The maximum absolute atomic E-state index is 11.1. The van der Waals surface area contributed by atoms with Gasteiger partial charge in [0.2, 0.25) is 5.91 Å². The summed E-state index contributed by atoms with van der Waals surface area (Å²) >= 11 is 4.95. The van der Waals surface area contributed by atoms with Crippen LogP contribution in [-0.4, -0.2) is 15.5 Å². The second kappa shape index (κ2) is 3.98. The highest BCUT2D eigenvalue weighted by Gasteiger charge is 2.25. The molecule has 0 bridgehead atoms. The molecule has 5 nitrogen and oxygen atoms in total. The van der Waals surface area contributed by atoms with Crippen LogP contribution in [-0.2, 0) is 11.3 Å². The van der Waals surface area contributed by atoms with Gasteiger partial charge in [-0.3, -0.25) is 14.6 Å². The highest BCUT2D eigenvalue weighted by molar-refractivity contribution is 7.71. The van der Waals surface area contributed by atoms with Crippen LogP contribution in [0.4, 0.5) is 0 Å². The number of hydrogen-bond acceptors (Lipinski definition) is 3. The third-order valence-electron chi connectivity index (χ3n) is 2.13. The second-order valence-electron chi connectivity index (χ2n) is 3.99. The Morgan fingerprint density at radius 2 is 2.27 bits per heavy atom. The first-order valence-electron chi connectivity index (χ1n) is 4.42. The Morgan fingerprint density at radius 1 is 1.67 bits per heavy atom. The number of hydrogen-bond donors (Lipinski definition) is 2. The third kappa shape index (κ3) is 2.76. The van der Waals surface area contributed by atoms with Gasteiger partial charge in [-0.25, -0.2) is 0 Å². The van der Waals surface area contributed by atoms with E-state index in [1.807, 2.05) is 0 Å². The van der Waals surface area contributed by atoms with E-state index in [4.69, 9.17) is 18.0 Å². The lowest BCUT2D eigenvalue weighted by atomic mass is 9.93. The first-order chi connectivity index (χ1) is 6.83. The van der Waals surface area contributed by atoms with Crippen molar-refractivity contribution >= 4 is 18.1 Å².